The molecular formula is C21H22N2O4. The molecule has 140 valence electrons. The molecule has 1 aliphatic heterocycles. The summed E-state index contributed by atoms with van der Waals surface area (Å²) in [4.78, 5) is 12.7. The second-order valence-electron chi connectivity index (χ2n) is 6.66. The fraction of sp³-hybridized carbons (Fsp3) is 0.286. The summed E-state index contributed by atoms with van der Waals surface area (Å²) < 4.78 is 19.1. The number of ether oxygens (including phenoxy) is 2. The first-order chi connectivity index (χ1) is 13.1. The van der Waals surface area contributed by atoms with Gasteiger partial charge in [0.1, 0.15) is 18.5 Å². The van der Waals surface area contributed by atoms with E-state index in [9.17, 15) is 4.79 Å². The van der Waals surface area contributed by atoms with E-state index < -0.39 is 0 Å². The molecule has 3 heterocycles. The standard InChI is InChI=1S/C21H22N2O4/c1-14-10-18(15(2)23(14)12-16-6-5-9-25-16)21(24)22-11-17-13-26-19-7-3-4-8-20(19)27-17/h3-10,17H,11-13H2,1-2H3,(H,22,24)/t17-/m0/s1. The Morgan fingerprint density at radius 1 is 1.19 bits per heavy atom. The zero-order chi connectivity index (χ0) is 18.8. The first-order valence-corrected chi connectivity index (χ1v) is 8.97. The zero-order valence-electron chi connectivity index (χ0n) is 15.4. The normalized spacial score (nSPS) is 15.6. The minimum atomic E-state index is -0.213. The molecule has 1 N–H and O–H groups in total. The Morgan fingerprint density at radius 2 is 2.00 bits per heavy atom. The molecule has 1 amide bonds. The molecule has 0 aliphatic carbocycles. The average molecular weight is 366 g/mol. The molecule has 0 unspecified atom stereocenters. The third-order valence-corrected chi connectivity index (χ3v) is 4.77. The van der Waals surface area contributed by atoms with Crippen LogP contribution >= 0.6 is 0 Å². The van der Waals surface area contributed by atoms with Gasteiger partial charge in [-0.05, 0) is 44.2 Å². The van der Waals surface area contributed by atoms with Gasteiger partial charge in [0.2, 0.25) is 0 Å². The van der Waals surface area contributed by atoms with E-state index in [0.717, 1.165) is 22.9 Å². The van der Waals surface area contributed by atoms with E-state index in [1.165, 1.54) is 0 Å². The van der Waals surface area contributed by atoms with E-state index in [1.807, 2.05) is 56.3 Å². The van der Waals surface area contributed by atoms with Gasteiger partial charge in [-0.25, -0.2) is 0 Å². The van der Waals surface area contributed by atoms with Gasteiger partial charge in [0.25, 0.3) is 5.91 Å². The lowest BCUT2D eigenvalue weighted by atomic mass is 10.2. The van der Waals surface area contributed by atoms with Crippen LogP contribution in [0.5, 0.6) is 11.5 Å². The largest absolute Gasteiger partial charge is 0.486 e. The first kappa shape index (κ1) is 17.3. The Hall–Kier alpha value is -3.15. The minimum absolute atomic E-state index is 0.115. The Balaban J connectivity index is 1.40. The lowest BCUT2D eigenvalue weighted by Crippen LogP contribution is -2.40. The summed E-state index contributed by atoms with van der Waals surface area (Å²) in [6.45, 7) is 5.33. The van der Waals surface area contributed by atoms with Crippen molar-refractivity contribution in [2.75, 3.05) is 13.2 Å². The molecule has 4 rings (SSSR count). The predicted molar refractivity (Wildman–Crippen MR) is 100 cm³/mol. The average Bonchev–Trinajstić information content (AvgIpc) is 3.30. The fourth-order valence-electron chi connectivity index (χ4n) is 3.30. The molecule has 27 heavy (non-hydrogen) atoms. The second-order valence-corrected chi connectivity index (χ2v) is 6.66. The van der Waals surface area contributed by atoms with Crippen LogP contribution in [0.2, 0.25) is 0 Å². The monoisotopic (exact) mass is 366 g/mol. The van der Waals surface area contributed by atoms with Crippen molar-refractivity contribution in [3.8, 4) is 11.5 Å². The minimum Gasteiger partial charge on any atom is -0.486 e. The highest BCUT2D eigenvalue weighted by Gasteiger charge is 2.22. The molecule has 3 aromatic rings. The van der Waals surface area contributed by atoms with Crippen LogP contribution in [0.25, 0.3) is 0 Å². The van der Waals surface area contributed by atoms with E-state index in [-0.39, 0.29) is 12.0 Å². The number of benzene rings is 1. The summed E-state index contributed by atoms with van der Waals surface area (Å²) >= 11 is 0. The third-order valence-electron chi connectivity index (χ3n) is 4.77. The first-order valence-electron chi connectivity index (χ1n) is 8.97. The van der Waals surface area contributed by atoms with Crippen molar-refractivity contribution in [3.63, 3.8) is 0 Å². The molecule has 0 radical (unpaired) electrons. The maximum absolute atomic E-state index is 12.7. The highest BCUT2D eigenvalue weighted by atomic mass is 16.6. The van der Waals surface area contributed by atoms with Crippen LogP contribution in [-0.2, 0) is 6.54 Å². The quantitative estimate of drug-likeness (QED) is 0.752. The molecular weight excluding hydrogens is 344 g/mol. The van der Waals surface area contributed by atoms with Crippen LogP contribution in [0, 0.1) is 13.8 Å². The summed E-state index contributed by atoms with van der Waals surface area (Å²) in [5.41, 5.74) is 2.59. The van der Waals surface area contributed by atoms with Crippen molar-refractivity contribution in [1.29, 1.82) is 0 Å². The van der Waals surface area contributed by atoms with Crippen LogP contribution in [0.15, 0.2) is 53.1 Å². The van der Waals surface area contributed by atoms with Gasteiger partial charge in [-0.15, -0.1) is 0 Å². The number of rotatable bonds is 5. The summed E-state index contributed by atoms with van der Waals surface area (Å²) in [7, 11) is 0. The number of aryl methyl sites for hydroxylation is 1. The predicted octanol–water partition coefficient (Wildman–Crippen LogP) is 3.32. The highest BCUT2D eigenvalue weighted by molar-refractivity contribution is 5.95. The number of carbonyl (C=O) groups is 1. The number of hydrogen-bond acceptors (Lipinski definition) is 4. The molecule has 0 saturated heterocycles. The van der Waals surface area contributed by atoms with Gasteiger partial charge in [0, 0.05) is 11.4 Å². The molecule has 0 fully saturated rings. The summed E-state index contributed by atoms with van der Waals surface area (Å²) in [6, 6.07) is 13.2. The van der Waals surface area contributed by atoms with Gasteiger partial charge < -0.3 is 23.8 Å². The van der Waals surface area contributed by atoms with Gasteiger partial charge >= 0.3 is 0 Å². The van der Waals surface area contributed by atoms with Gasteiger partial charge in [-0.3, -0.25) is 4.79 Å². The van der Waals surface area contributed by atoms with Crippen molar-refractivity contribution >= 4 is 5.91 Å². The van der Waals surface area contributed by atoms with Crippen LogP contribution in [0.1, 0.15) is 27.5 Å². The summed E-state index contributed by atoms with van der Waals surface area (Å²) in [6.07, 6.45) is 1.44. The van der Waals surface area contributed by atoms with Crippen LogP contribution in [0.3, 0.4) is 0 Å². The second kappa shape index (κ2) is 7.23. The van der Waals surface area contributed by atoms with Crippen molar-refractivity contribution < 1.29 is 18.7 Å². The number of para-hydroxylation sites is 2. The number of carbonyl (C=O) groups excluding carboxylic acids is 1. The van der Waals surface area contributed by atoms with E-state index in [2.05, 4.69) is 9.88 Å². The Bertz CT molecular complexity index is 943. The molecule has 1 aliphatic rings. The molecule has 0 saturated carbocycles. The van der Waals surface area contributed by atoms with Gasteiger partial charge in [0.15, 0.2) is 11.5 Å². The van der Waals surface area contributed by atoms with Crippen LogP contribution in [0.4, 0.5) is 0 Å². The van der Waals surface area contributed by atoms with Gasteiger partial charge in [-0.2, -0.15) is 0 Å². The van der Waals surface area contributed by atoms with Crippen molar-refractivity contribution in [3.05, 3.63) is 71.4 Å². The third kappa shape index (κ3) is 3.56. The highest BCUT2D eigenvalue weighted by Crippen LogP contribution is 2.30. The van der Waals surface area contributed by atoms with Crippen molar-refractivity contribution in [2.45, 2.75) is 26.5 Å². The molecule has 2 aromatic heterocycles. The van der Waals surface area contributed by atoms with Crippen LogP contribution < -0.4 is 14.8 Å². The number of aromatic nitrogens is 1. The van der Waals surface area contributed by atoms with Gasteiger partial charge in [-0.1, -0.05) is 12.1 Å². The number of fused-ring (bicyclic) bond motifs is 1. The Labute approximate surface area is 157 Å². The molecule has 1 atom stereocenters. The van der Waals surface area contributed by atoms with Gasteiger partial charge in [0.05, 0.1) is 24.9 Å². The van der Waals surface area contributed by atoms with Crippen molar-refractivity contribution in [2.24, 2.45) is 0 Å². The summed E-state index contributed by atoms with van der Waals surface area (Å²) in [5, 5.41) is 2.96. The Kier molecular flexibility index (Phi) is 4.62. The maximum atomic E-state index is 12.7. The van der Waals surface area contributed by atoms with Crippen LogP contribution in [-0.4, -0.2) is 29.7 Å². The van der Waals surface area contributed by atoms with E-state index in [1.54, 1.807) is 6.26 Å². The number of nitrogens with zero attached hydrogens (tertiary/aromatic N) is 1. The SMILES string of the molecule is Cc1cc(C(=O)NC[C@H]2COc3ccccc3O2)c(C)n1Cc1ccco1. The molecule has 0 bridgehead atoms. The molecule has 6 heteroatoms. The lowest BCUT2D eigenvalue weighted by molar-refractivity contribution is 0.0789. The molecule has 1 aromatic carbocycles. The Morgan fingerprint density at radius 3 is 2.78 bits per heavy atom. The summed E-state index contributed by atoms with van der Waals surface area (Å²) in [5.74, 6) is 2.19. The maximum Gasteiger partial charge on any atom is 0.253 e. The van der Waals surface area contributed by atoms with E-state index in [0.29, 0.717) is 31.0 Å². The smallest absolute Gasteiger partial charge is 0.253 e. The molecule has 6 nitrogen and oxygen atoms in total. The zero-order valence-corrected chi connectivity index (χ0v) is 15.4. The topological polar surface area (TPSA) is 65.6 Å². The van der Waals surface area contributed by atoms with E-state index in [4.69, 9.17) is 13.9 Å². The lowest BCUT2D eigenvalue weighted by Gasteiger charge is -2.26. The fourth-order valence-corrected chi connectivity index (χ4v) is 3.30. The van der Waals surface area contributed by atoms with E-state index >= 15 is 0 Å². The molecule has 0 spiro atoms. The number of amides is 1. The number of nitrogens with one attached hydrogen (secondary N) is 1. The number of furan rings is 1. The number of hydrogen-bond donors (Lipinski definition) is 1. The van der Waals surface area contributed by atoms with Crippen molar-refractivity contribution in [1.82, 2.24) is 9.88 Å².